The molecule has 0 radical (unpaired) electrons. The molecule has 0 aliphatic rings. The van der Waals surface area contributed by atoms with Gasteiger partial charge in [-0.25, -0.2) is 0 Å². The molecule has 0 N–H and O–H groups in total. The second kappa shape index (κ2) is 4.09. The Hall–Kier alpha value is -0.890. The van der Waals surface area contributed by atoms with Crippen LogP contribution in [0.1, 0.15) is 12.0 Å². The Kier molecular flexibility index (Phi) is 3.05. The van der Waals surface area contributed by atoms with E-state index in [1.165, 1.54) is 0 Å². The molecule has 0 amide bonds. The molecule has 1 aromatic rings. The SMILES string of the molecule is O=CCCc1cnccc1Cl. The van der Waals surface area contributed by atoms with Gasteiger partial charge in [-0.3, -0.25) is 4.98 Å². The molecule has 0 aliphatic heterocycles. The number of carbonyl (C=O) groups is 1. The van der Waals surface area contributed by atoms with Gasteiger partial charge in [-0.1, -0.05) is 11.6 Å². The second-order valence-corrected chi connectivity index (χ2v) is 2.58. The van der Waals surface area contributed by atoms with Gasteiger partial charge in [0.25, 0.3) is 0 Å². The molecule has 0 spiro atoms. The first-order valence-corrected chi connectivity index (χ1v) is 3.74. The lowest BCUT2D eigenvalue weighted by molar-refractivity contribution is -0.107. The molecule has 0 fully saturated rings. The molecule has 11 heavy (non-hydrogen) atoms. The van der Waals surface area contributed by atoms with E-state index in [0.717, 1.165) is 11.8 Å². The summed E-state index contributed by atoms with van der Waals surface area (Å²) in [5.74, 6) is 0. The lowest BCUT2D eigenvalue weighted by Gasteiger charge is -1.97. The fraction of sp³-hybridized carbons (Fsp3) is 0.250. The van der Waals surface area contributed by atoms with Crippen LogP contribution in [-0.4, -0.2) is 11.3 Å². The van der Waals surface area contributed by atoms with Crippen molar-refractivity contribution in [2.45, 2.75) is 12.8 Å². The number of hydrogen-bond donors (Lipinski definition) is 0. The molecule has 0 unspecified atom stereocenters. The van der Waals surface area contributed by atoms with Crippen molar-refractivity contribution in [2.75, 3.05) is 0 Å². The molecule has 3 heteroatoms. The smallest absolute Gasteiger partial charge is 0.120 e. The van der Waals surface area contributed by atoms with Gasteiger partial charge in [0.2, 0.25) is 0 Å². The Balaban J connectivity index is 2.69. The molecule has 2 nitrogen and oxygen atoms in total. The van der Waals surface area contributed by atoms with Crippen LogP contribution in [0.2, 0.25) is 5.02 Å². The maximum atomic E-state index is 10.0. The van der Waals surface area contributed by atoms with Crippen molar-refractivity contribution in [3.63, 3.8) is 0 Å². The molecule has 1 aromatic heterocycles. The molecule has 0 saturated heterocycles. The number of aryl methyl sites for hydroxylation is 1. The predicted molar refractivity (Wildman–Crippen MR) is 43.6 cm³/mol. The minimum atomic E-state index is 0.505. The van der Waals surface area contributed by atoms with Gasteiger partial charge in [-0.05, 0) is 18.1 Å². The summed E-state index contributed by atoms with van der Waals surface area (Å²) in [5, 5.41) is 0.682. The lowest BCUT2D eigenvalue weighted by atomic mass is 10.2. The fourth-order valence-corrected chi connectivity index (χ4v) is 1.01. The van der Waals surface area contributed by atoms with E-state index in [9.17, 15) is 4.79 Å². The van der Waals surface area contributed by atoms with E-state index in [1.807, 2.05) is 0 Å². The Morgan fingerprint density at radius 2 is 2.45 bits per heavy atom. The maximum Gasteiger partial charge on any atom is 0.120 e. The number of carbonyl (C=O) groups excluding carboxylic acids is 1. The van der Waals surface area contributed by atoms with Crippen molar-refractivity contribution >= 4 is 17.9 Å². The Labute approximate surface area is 70.2 Å². The van der Waals surface area contributed by atoms with E-state index in [4.69, 9.17) is 11.6 Å². The third kappa shape index (κ3) is 2.31. The largest absolute Gasteiger partial charge is 0.303 e. The van der Waals surface area contributed by atoms with E-state index in [1.54, 1.807) is 18.5 Å². The summed E-state index contributed by atoms with van der Waals surface area (Å²) in [4.78, 5) is 13.9. The highest BCUT2D eigenvalue weighted by atomic mass is 35.5. The lowest BCUT2D eigenvalue weighted by Crippen LogP contribution is -1.88. The van der Waals surface area contributed by atoms with Gasteiger partial charge in [0.15, 0.2) is 0 Å². The van der Waals surface area contributed by atoms with E-state index in [0.29, 0.717) is 17.9 Å². The average Bonchev–Trinajstić information content (AvgIpc) is 2.03. The molecule has 0 aromatic carbocycles. The van der Waals surface area contributed by atoms with Gasteiger partial charge in [0.05, 0.1) is 0 Å². The van der Waals surface area contributed by atoms with Crippen molar-refractivity contribution in [1.29, 1.82) is 0 Å². The van der Waals surface area contributed by atoms with Gasteiger partial charge in [-0.15, -0.1) is 0 Å². The topological polar surface area (TPSA) is 30.0 Å². The van der Waals surface area contributed by atoms with Crippen molar-refractivity contribution in [3.8, 4) is 0 Å². The second-order valence-electron chi connectivity index (χ2n) is 2.17. The van der Waals surface area contributed by atoms with Crippen molar-refractivity contribution in [1.82, 2.24) is 4.98 Å². The van der Waals surface area contributed by atoms with Crippen molar-refractivity contribution in [2.24, 2.45) is 0 Å². The number of halogens is 1. The molecule has 0 bridgehead atoms. The number of aromatic nitrogens is 1. The highest BCUT2D eigenvalue weighted by molar-refractivity contribution is 6.31. The first-order valence-electron chi connectivity index (χ1n) is 3.36. The summed E-state index contributed by atoms with van der Waals surface area (Å²) < 4.78 is 0. The zero-order chi connectivity index (χ0) is 8.10. The molecule has 0 atom stereocenters. The van der Waals surface area contributed by atoms with Crippen LogP contribution in [0, 0.1) is 0 Å². The molecule has 1 rings (SSSR count). The Morgan fingerprint density at radius 3 is 3.09 bits per heavy atom. The van der Waals surface area contributed by atoms with E-state index in [2.05, 4.69) is 4.98 Å². The van der Waals surface area contributed by atoms with Crippen LogP contribution in [0.3, 0.4) is 0 Å². The minimum Gasteiger partial charge on any atom is -0.303 e. The van der Waals surface area contributed by atoms with E-state index < -0.39 is 0 Å². The standard InChI is InChI=1S/C8H8ClNO/c9-8-3-4-10-6-7(8)2-1-5-11/h3-6H,1-2H2. The third-order valence-electron chi connectivity index (χ3n) is 1.38. The summed E-state index contributed by atoms with van der Waals surface area (Å²) in [6, 6.07) is 1.72. The fourth-order valence-electron chi connectivity index (χ4n) is 0.809. The minimum absolute atomic E-state index is 0.505. The van der Waals surface area contributed by atoms with Crippen molar-refractivity contribution < 1.29 is 4.79 Å². The first-order chi connectivity index (χ1) is 5.34. The highest BCUT2D eigenvalue weighted by Crippen LogP contribution is 2.14. The quantitative estimate of drug-likeness (QED) is 0.647. The first kappa shape index (κ1) is 8.21. The van der Waals surface area contributed by atoms with Crippen molar-refractivity contribution in [3.05, 3.63) is 29.0 Å². The molecule has 58 valence electrons. The Bertz CT molecular complexity index is 250. The van der Waals surface area contributed by atoms with Gasteiger partial charge in [-0.2, -0.15) is 0 Å². The predicted octanol–water partition coefficient (Wildman–Crippen LogP) is 1.87. The van der Waals surface area contributed by atoms with Crippen LogP contribution in [-0.2, 0) is 11.2 Å². The summed E-state index contributed by atoms with van der Waals surface area (Å²) in [7, 11) is 0. The molecule has 0 saturated carbocycles. The summed E-state index contributed by atoms with van der Waals surface area (Å²) in [6.07, 6.45) is 5.38. The molecule has 0 aliphatic carbocycles. The van der Waals surface area contributed by atoms with E-state index >= 15 is 0 Å². The molecular weight excluding hydrogens is 162 g/mol. The Morgan fingerprint density at radius 1 is 1.64 bits per heavy atom. The van der Waals surface area contributed by atoms with Crippen LogP contribution < -0.4 is 0 Å². The summed E-state index contributed by atoms with van der Waals surface area (Å²) >= 11 is 5.80. The van der Waals surface area contributed by atoms with Crippen LogP contribution in [0.4, 0.5) is 0 Å². The molecular formula is C8H8ClNO. The van der Waals surface area contributed by atoms with Crippen LogP contribution in [0.15, 0.2) is 18.5 Å². The van der Waals surface area contributed by atoms with Gasteiger partial charge in [0.1, 0.15) is 6.29 Å². The summed E-state index contributed by atoms with van der Waals surface area (Å²) in [6.45, 7) is 0. The van der Waals surface area contributed by atoms with Crippen LogP contribution in [0.25, 0.3) is 0 Å². The monoisotopic (exact) mass is 169 g/mol. The van der Waals surface area contributed by atoms with Crippen LogP contribution >= 0.6 is 11.6 Å². The average molecular weight is 170 g/mol. The van der Waals surface area contributed by atoms with E-state index in [-0.39, 0.29) is 0 Å². The van der Waals surface area contributed by atoms with Gasteiger partial charge in [0, 0.05) is 23.8 Å². The number of rotatable bonds is 3. The normalized spacial score (nSPS) is 9.55. The highest BCUT2D eigenvalue weighted by Gasteiger charge is 1.97. The van der Waals surface area contributed by atoms with Gasteiger partial charge >= 0.3 is 0 Å². The third-order valence-corrected chi connectivity index (χ3v) is 1.74. The van der Waals surface area contributed by atoms with Gasteiger partial charge < -0.3 is 4.79 Å². The molecule has 1 heterocycles. The zero-order valence-corrected chi connectivity index (χ0v) is 6.71. The zero-order valence-electron chi connectivity index (χ0n) is 5.96. The maximum absolute atomic E-state index is 10.0. The van der Waals surface area contributed by atoms with Crippen LogP contribution in [0.5, 0.6) is 0 Å². The number of nitrogens with zero attached hydrogens (tertiary/aromatic N) is 1. The number of aldehydes is 1. The summed E-state index contributed by atoms with van der Waals surface area (Å²) in [5.41, 5.74) is 0.932. The number of pyridine rings is 1. The number of hydrogen-bond acceptors (Lipinski definition) is 2.